The molecule has 1 fully saturated rings. The lowest BCUT2D eigenvalue weighted by molar-refractivity contribution is 0.230. The molecule has 116 valence electrons. The SMILES string of the molecule is Cl.Cl.Clc1ccc(-n2cc(CN3CCNCC3)nn2)cc1. The molecule has 1 aromatic heterocycles. The van der Waals surface area contributed by atoms with Gasteiger partial charge in [-0.2, -0.15) is 0 Å². The van der Waals surface area contributed by atoms with Crippen molar-refractivity contribution in [1.82, 2.24) is 25.2 Å². The van der Waals surface area contributed by atoms with E-state index in [2.05, 4.69) is 20.5 Å². The fourth-order valence-electron chi connectivity index (χ4n) is 2.19. The van der Waals surface area contributed by atoms with E-state index in [1.54, 1.807) is 4.68 Å². The van der Waals surface area contributed by atoms with Crippen molar-refractivity contribution in [2.75, 3.05) is 26.2 Å². The summed E-state index contributed by atoms with van der Waals surface area (Å²) in [6.45, 7) is 5.08. The Hall–Kier alpha value is -0.850. The molecule has 0 spiro atoms. The Morgan fingerprint density at radius 1 is 1.10 bits per heavy atom. The average Bonchev–Trinajstić information content (AvgIpc) is 2.89. The van der Waals surface area contributed by atoms with Gasteiger partial charge in [0.1, 0.15) is 0 Å². The van der Waals surface area contributed by atoms with Crippen molar-refractivity contribution >= 4 is 36.4 Å². The average molecular weight is 351 g/mol. The van der Waals surface area contributed by atoms with Crippen molar-refractivity contribution in [3.63, 3.8) is 0 Å². The lowest BCUT2D eigenvalue weighted by atomic mass is 10.3. The van der Waals surface area contributed by atoms with Crippen LogP contribution in [-0.2, 0) is 6.54 Å². The van der Waals surface area contributed by atoms with Gasteiger partial charge in [-0.1, -0.05) is 16.8 Å². The molecule has 21 heavy (non-hydrogen) atoms. The number of rotatable bonds is 3. The van der Waals surface area contributed by atoms with Crippen LogP contribution in [0.15, 0.2) is 30.5 Å². The van der Waals surface area contributed by atoms with E-state index in [-0.39, 0.29) is 24.8 Å². The standard InChI is InChI=1S/C13H16ClN5.2ClH/c14-11-1-3-13(4-2-11)19-10-12(16-17-19)9-18-7-5-15-6-8-18;;/h1-4,10,15H,5-9H2;2*1H. The summed E-state index contributed by atoms with van der Waals surface area (Å²) >= 11 is 5.88. The number of piperazine rings is 1. The first-order valence-electron chi connectivity index (χ1n) is 6.41. The molecule has 1 aliphatic rings. The number of nitrogens with zero attached hydrogens (tertiary/aromatic N) is 4. The third kappa shape index (κ3) is 4.83. The molecule has 8 heteroatoms. The fraction of sp³-hybridized carbons (Fsp3) is 0.385. The molecule has 0 bridgehead atoms. The van der Waals surface area contributed by atoms with Crippen LogP contribution in [0.4, 0.5) is 0 Å². The molecule has 0 radical (unpaired) electrons. The third-order valence-electron chi connectivity index (χ3n) is 3.23. The molecule has 0 aliphatic carbocycles. The van der Waals surface area contributed by atoms with Gasteiger partial charge in [-0.15, -0.1) is 29.9 Å². The van der Waals surface area contributed by atoms with Crippen LogP contribution in [0, 0.1) is 0 Å². The van der Waals surface area contributed by atoms with Crippen molar-refractivity contribution in [2.45, 2.75) is 6.54 Å². The van der Waals surface area contributed by atoms with Crippen LogP contribution in [0.1, 0.15) is 5.69 Å². The minimum absolute atomic E-state index is 0. The summed E-state index contributed by atoms with van der Waals surface area (Å²) in [6.07, 6.45) is 1.98. The van der Waals surface area contributed by atoms with Gasteiger partial charge < -0.3 is 5.32 Å². The maximum atomic E-state index is 5.88. The van der Waals surface area contributed by atoms with E-state index < -0.39 is 0 Å². The Balaban J connectivity index is 0.00000110. The molecule has 1 N–H and O–H groups in total. The molecule has 0 amide bonds. The van der Waals surface area contributed by atoms with Gasteiger partial charge >= 0.3 is 0 Å². The Kier molecular flexibility index (Phi) is 7.42. The van der Waals surface area contributed by atoms with Crippen molar-refractivity contribution in [1.29, 1.82) is 0 Å². The van der Waals surface area contributed by atoms with Gasteiger partial charge in [0.15, 0.2) is 0 Å². The summed E-state index contributed by atoms with van der Waals surface area (Å²) < 4.78 is 1.79. The third-order valence-corrected chi connectivity index (χ3v) is 3.48. The van der Waals surface area contributed by atoms with Gasteiger partial charge in [-0.05, 0) is 24.3 Å². The van der Waals surface area contributed by atoms with Crippen LogP contribution >= 0.6 is 36.4 Å². The minimum Gasteiger partial charge on any atom is -0.314 e. The quantitative estimate of drug-likeness (QED) is 0.921. The maximum absolute atomic E-state index is 5.88. The fourth-order valence-corrected chi connectivity index (χ4v) is 2.32. The topological polar surface area (TPSA) is 46.0 Å². The van der Waals surface area contributed by atoms with E-state index in [9.17, 15) is 0 Å². The maximum Gasteiger partial charge on any atom is 0.0971 e. The number of hydrogen-bond acceptors (Lipinski definition) is 4. The summed E-state index contributed by atoms with van der Waals surface area (Å²) in [4.78, 5) is 2.38. The van der Waals surface area contributed by atoms with Crippen LogP contribution in [0.3, 0.4) is 0 Å². The minimum atomic E-state index is 0. The molecule has 1 saturated heterocycles. The van der Waals surface area contributed by atoms with Crippen LogP contribution in [0.25, 0.3) is 5.69 Å². The van der Waals surface area contributed by atoms with Gasteiger partial charge in [0, 0.05) is 37.7 Å². The Bertz CT molecular complexity index is 537. The normalized spacial score (nSPS) is 15.1. The highest BCUT2D eigenvalue weighted by molar-refractivity contribution is 6.30. The van der Waals surface area contributed by atoms with E-state index in [1.165, 1.54) is 0 Å². The molecule has 0 atom stereocenters. The second kappa shape index (κ2) is 8.56. The van der Waals surface area contributed by atoms with Gasteiger partial charge in [-0.3, -0.25) is 4.90 Å². The molecule has 2 heterocycles. The number of nitrogens with one attached hydrogen (secondary N) is 1. The predicted molar refractivity (Wildman–Crippen MR) is 89.0 cm³/mol. The summed E-state index contributed by atoms with van der Waals surface area (Å²) in [6, 6.07) is 7.58. The van der Waals surface area contributed by atoms with Crippen molar-refractivity contribution in [3.05, 3.63) is 41.2 Å². The summed E-state index contributed by atoms with van der Waals surface area (Å²) in [5.74, 6) is 0. The van der Waals surface area contributed by atoms with Crippen molar-refractivity contribution in [3.8, 4) is 5.69 Å². The molecular weight excluding hydrogens is 333 g/mol. The zero-order valence-corrected chi connectivity index (χ0v) is 13.8. The van der Waals surface area contributed by atoms with Gasteiger partial charge in [0.2, 0.25) is 0 Å². The molecule has 0 saturated carbocycles. The zero-order valence-electron chi connectivity index (χ0n) is 11.4. The number of hydrogen-bond donors (Lipinski definition) is 1. The van der Waals surface area contributed by atoms with Crippen molar-refractivity contribution < 1.29 is 0 Å². The summed E-state index contributed by atoms with van der Waals surface area (Å²) in [5, 5.41) is 12.5. The molecule has 3 rings (SSSR count). The summed E-state index contributed by atoms with van der Waals surface area (Å²) in [7, 11) is 0. The predicted octanol–water partition coefficient (Wildman–Crippen LogP) is 2.17. The Morgan fingerprint density at radius 2 is 1.76 bits per heavy atom. The largest absolute Gasteiger partial charge is 0.314 e. The van der Waals surface area contributed by atoms with E-state index in [1.807, 2.05) is 30.5 Å². The summed E-state index contributed by atoms with van der Waals surface area (Å²) in [5.41, 5.74) is 1.97. The molecule has 0 unspecified atom stereocenters. The Labute approximate surface area is 141 Å². The molecule has 5 nitrogen and oxygen atoms in total. The van der Waals surface area contributed by atoms with Crippen LogP contribution in [-0.4, -0.2) is 46.1 Å². The van der Waals surface area contributed by atoms with Crippen LogP contribution in [0.5, 0.6) is 0 Å². The highest BCUT2D eigenvalue weighted by atomic mass is 35.5. The van der Waals surface area contributed by atoms with E-state index in [0.29, 0.717) is 0 Å². The first-order valence-corrected chi connectivity index (χ1v) is 6.79. The second-order valence-electron chi connectivity index (χ2n) is 4.66. The smallest absolute Gasteiger partial charge is 0.0971 e. The van der Waals surface area contributed by atoms with E-state index in [4.69, 9.17) is 11.6 Å². The number of aromatic nitrogens is 3. The van der Waals surface area contributed by atoms with Gasteiger partial charge in [0.25, 0.3) is 0 Å². The van der Waals surface area contributed by atoms with E-state index in [0.717, 1.165) is 49.1 Å². The molecular formula is C13H18Cl3N5. The monoisotopic (exact) mass is 349 g/mol. The number of halogens is 3. The van der Waals surface area contributed by atoms with Crippen molar-refractivity contribution in [2.24, 2.45) is 0 Å². The second-order valence-corrected chi connectivity index (χ2v) is 5.09. The first kappa shape index (κ1) is 18.2. The molecule has 2 aromatic rings. The van der Waals surface area contributed by atoms with Crippen LogP contribution in [0.2, 0.25) is 5.02 Å². The highest BCUT2D eigenvalue weighted by Crippen LogP contribution is 2.13. The number of benzene rings is 1. The van der Waals surface area contributed by atoms with Gasteiger partial charge in [-0.25, -0.2) is 4.68 Å². The van der Waals surface area contributed by atoms with E-state index >= 15 is 0 Å². The zero-order chi connectivity index (χ0) is 13.1. The Morgan fingerprint density at radius 3 is 2.43 bits per heavy atom. The first-order chi connectivity index (χ1) is 9.31. The molecule has 1 aliphatic heterocycles. The lowest BCUT2D eigenvalue weighted by Crippen LogP contribution is -2.42. The highest BCUT2D eigenvalue weighted by Gasteiger charge is 2.12. The van der Waals surface area contributed by atoms with Crippen LogP contribution < -0.4 is 5.32 Å². The molecule has 1 aromatic carbocycles. The lowest BCUT2D eigenvalue weighted by Gasteiger charge is -2.25. The van der Waals surface area contributed by atoms with Gasteiger partial charge in [0.05, 0.1) is 17.6 Å².